The highest BCUT2D eigenvalue weighted by molar-refractivity contribution is 6.30. The number of aryl methyl sites for hydroxylation is 1. The van der Waals surface area contributed by atoms with Crippen molar-refractivity contribution in [2.24, 2.45) is 5.73 Å². The molecule has 0 aliphatic carbocycles. The summed E-state index contributed by atoms with van der Waals surface area (Å²) in [7, 11) is 0. The van der Waals surface area contributed by atoms with E-state index in [1.54, 1.807) is 31.2 Å². The van der Waals surface area contributed by atoms with Crippen LogP contribution in [0.15, 0.2) is 18.2 Å². The number of rotatable bonds is 2. The smallest absolute Gasteiger partial charge is 0.125 e. The van der Waals surface area contributed by atoms with Crippen molar-refractivity contribution in [2.75, 3.05) is 6.54 Å². The van der Waals surface area contributed by atoms with Gasteiger partial charge in [0.15, 0.2) is 0 Å². The van der Waals surface area contributed by atoms with E-state index in [1.165, 1.54) is 0 Å². The maximum atomic E-state index is 9.60. The molecule has 0 radical (unpaired) electrons. The lowest BCUT2D eigenvalue weighted by atomic mass is 10.1. The molecule has 13 heavy (non-hydrogen) atoms. The van der Waals surface area contributed by atoms with Gasteiger partial charge >= 0.3 is 0 Å². The van der Waals surface area contributed by atoms with Crippen LogP contribution in [0.3, 0.4) is 0 Å². The average Bonchev–Trinajstić information content (AvgIpc) is 2.09. The van der Waals surface area contributed by atoms with Gasteiger partial charge in [0, 0.05) is 17.1 Å². The fourth-order valence-corrected chi connectivity index (χ4v) is 1.36. The summed E-state index contributed by atoms with van der Waals surface area (Å²) in [6, 6.07) is 3.42. The summed E-state index contributed by atoms with van der Waals surface area (Å²) in [5, 5.41) is 10.2. The highest BCUT2D eigenvalue weighted by atomic mass is 35.5. The monoisotopic (exact) mass is 197 g/mol. The summed E-state index contributed by atoms with van der Waals surface area (Å²) in [6.07, 6.45) is 3.53. The minimum atomic E-state index is 0.258. The highest BCUT2D eigenvalue weighted by Crippen LogP contribution is 2.27. The Morgan fingerprint density at radius 2 is 2.23 bits per heavy atom. The van der Waals surface area contributed by atoms with Gasteiger partial charge in [-0.05, 0) is 24.6 Å². The Labute approximate surface area is 82.6 Å². The number of hydrogen-bond acceptors (Lipinski definition) is 2. The van der Waals surface area contributed by atoms with E-state index in [9.17, 15) is 5.11 Å². The fraction of sp³-hybridized carbons (Fsp3) is 0.200. The number of nitrogens with two attached hydrogens (primary N) is 1. The maximum absolute atomic E-state index is 9.60. The largest absolute Gasteiger partial charge is 0.507 e. The number of phenols is 1. The molecule has 1 rings (SSSR count). The second-order valence-electron chi connectivity index (χ2n) is 2.80. The van der Waals surface area contributed by atoms with Crippen molar-refractivity contribution in [2.45, 2.75) is 6.92 Å². The Bertz CT molecular complexity index is 334. The van der Waals surface area contributed by atoms with Gasteiger partial charge in [-0.2, -0.15) is 0 Å². The maximum Gasteiger partial charge on any atom is 0.125 e. The summed E-state index contributed by atoms with van der Waals surface area (Å²) < 4.78 is 0. The SMILES string of the molecule is Cc1cc(Cl)cc(/C=C/CN)c1O. The third-order valence-corrected chi connectivity index (χ3v) is 1.95. The van der Waals surface area contributed by atoms with E-state index in [0.29, 0.717) is 17.1 Å². The molecular formula is C10H12ClNO. The van der Waals surface area contributed by atoms with Crippen molar-refractivity contribution in [3.05, 3.63) is 34.4 Å². The van der Waals surface area contributed by atoms with Crippen LogP contribution in [0.1, 0.15) is 11.1 Å². The zero-order valence-corrected chi connectivity index (χ0v) is 8.17. The standard InChI is InChI=1S/C10H12ClNO/c1-7-5-9(11)6-8(10(7)13)3-2-4-12/h2-3,5-6,13H,4,12H2,1H3/b3-2+. The number of benzene rings is 1. The van der Waals surface area contributed by atoms with Gasteiger partial charge in [0.25, 0.3) is 0 Å². The van der Waals surface area contributed by atoms with Gasteiger partial charge in [0.1, 0.15) is 5.75 Å². The minimum Gasteiger partial charge on any atom is -0.507 e. The summed E-state index contributed by atoms with van der Waals surface area (Å²) in [6.45, 7) is 2.26. The Morgan fingerprint density at radius 3 is 2.85 bits per heavy atom. The molecule has 0 saturated heterocycles. The number of aromatic hydroxyl groups is 1. The van der Waals surface area contributed by atoms with Crippen LogP contribution in [-0.4, -0.2) is 11.7 Å². The van der Waals surface area contributed by atoms with Crippen molar-refractivity contribution in [1.29, 1.82) is 0 Å². The lowest BCUT2D eigenvalue weighted by Crippen LogP contribution is -1.92. The third kappa shape index (κ3) is 2.47. The van der Waals surface area contributed by atoms with Crippen LogP contribution in [0, 0.1) is 6.92 Å². The van der Waals surface area contributed by atoms with E-state index in [0.717, 1.165) is 5.56 Å². The van der Waals surface area contributed by atoms with Crippen LogP contribution < -0.4 is 5.73 Å². The lowest BCUT2D eigenvalue weighted by Gasteiger charge is -2.03. The summed E-state index contributed by atoms with van der Waals surface area (Å²) >= 11 is 5.82. The molecular weight excluding hydrogens is 186 g/mol. The molecule has 0 spiro atoms. The van der Waals surface area contributed by atoms with Gasteiger partial charge < -0.3 is 10.8 Å². The highest BCUT2D eigenvalue weighted by Gasteiger charge is 2.02. The molecule has 0 amide bonds. The Balaban J connectivity index is 3.12. The zero-order valence-electron chi connectivity index (χ0n) is 7.42. The first-order valence-electron chi connectivity index (χ1n) is 4.01. The molecule has 0 heterocycles. The van der Waals surface area contributed by atoms with Gasteiger partial charge in [-0.15, -0.1) is 0 Å². The Morgan fingerprint density at radius 1 is 1.54 bits per heavy atom. The summed E-state index contributed by atoms with van der Waals surface area (Å²) in [5.74, 6) is 0.258. The first-order valence-corrected chi connectivity index (χ1v) is 4.38. The molecule has 0 aliphatic heterocycles. The molecule has 0 fully saturated rings. The molecule has 70 valence electrons. The van der Waals surface area contributed by atoms with E-state index in [1.807, 2.05) is 0 Å². The van der Waals surface area contributed by atoms with Crippen molar-refractivity contribution < 1.29 is 5.11 Å². The first kappa shape index (κ1) is 10.1. The second-order valence-corrected chi connectivity index (χ2v) is 3.24. The molecule has 1 aromatic rings. The van der Waals surface area contributed by atoms with Gasteiger partial charge in [0.05, 0.1) is 0 Å². The number of halogens is 1. The molecule has 1 aromatic carbocycles. The van der Waals surface area contributed by atoms with Crippen molar-refractivity contribution in [3.63, 3.8) is 0 Å². The minimum absolute atomic E-state index is 0.258. The Kier molecular flexibility index (Phi) is 3.34. The molecule has 0 saturated carbocycles. The molecule has 0 aliphatic rings. The fourth-order valence-electron chi connectivity index (χ4n) is 1.08. The van der Waals surface area contributed by atoms with E-state index in [2.05, 4.69) is 0 Å². The number of phenolic OH excluding ortho intramolecular Hbond substituents is 1. The quantitative estimate of drug-likeness (QED) is 0.765. The lowest BCUT2D eigenvalue weighted by molar-refractivity contribution is 0.470. The van der Waals surface area contributed by atoms with Crippen LogP contribution in [-0.2, 0) is 0 Å². The summed E-state index contributed by atoms with van der Waals surface area (Å²) in [4.78, 5) is 0. The van der Waals surface area contributed by atoms with Gasteiger partial charge in [-0.3, -0.25) is 0 Å². The number of hydrogen-bond donors (Lipinski definition) is 2. The predicted octanol–water partition coefficient (Wildman–Crippen LogP) is 2.33. The topological polar surface area (TPSA) is 46.2 Å². The zero-order chi connectivity index (χ0) is 9.84. The van der Waals surface area contributed by atoms with E-state index >= 15 is 0 Å². The van der Waals surface area contributed by atoms with Crippen molar-refractivity contribution in [1.82, 2.24) is 0 Å². The third-order valence-electron chi connectivity index (χ3n) is 1.73. The van der Waals surface area contributed by atoms with Crippen LogP contribution in [0.4, 0.5) is 0 Å². The normalized spacial score (nSPS) is 11.0. The van der Waals surface area contributed by atoms with Gasteiger partial charge in [-0.25, -0.2) is 0 Å². The average molecular weight is 198 g/mol. The Hall–Kier alpha value is -0.990. The summed E-state index contributed by atoms with van der Waals surface area (Å²) in [5.41, 5.74) is 6.77. The second kappa shape index (κ2) is 4.30. The molecule has 3 N–H and O–H groups in total. The van der Waals surface area contributed by atoms with Crippen molar-refractivity contribution >= 4 is 17.7 Å². The van der Waals surface area contributed by atoms with Crippen LogP contribution in [0.5, 0.6) is 5.75 Å². The molecule has 3 heteroatoms. The van der Waals surface area contributed by atoms with E-state index in [-0.39, 0.29) is 5.75 Å². The van der Waals surface area contributed by atoms with Crippen LogP contribution >= 0.6 is 11.6 Å². The molecule has 0 atom stereocenters. The molecule has 0 unspecified atom stereocenters. The molecule has 2 nitrogen and oxygen atoms in total. The van der Waals surface area contributed by atoms with Gasteiger partial charge in [0.2, 0.25) is 0 Å². The van der Waals surface area contributed by atoms with Crippen LogP contribution in [0.2, 0.25) is 5.02 Å². The molecule has 0 bridgehead atoms. The van der Waals surface area contributed by atoms with E-state index in [4.69, 9.17) is 17.3 Å². The van der Waals surface area contributed by atoms with Crippen LogP contribution in [0.25, 0.3) is 6.08 Å². The van der Waals surface area contributed by atoms with E-state index < -0.39 is 0 Å². The molecule has 0 aromatic heterocycles. The first-order chi connectivity index (χ1) is 6.15. The van der Waals surface area contributed by atoms with Crippen molar-refractivity contribution in [3.8, 4) is 5.75 Å². The van der Waals surface area contributed by atoms with Gasteiger partial charge in [-0.1, -0.05) is 23.8 Å². The predicted molar refractivity (Wildman–Crippen MR) is 55.9 cm³/mol.